The standard InChI is InChI=1S/C32H74N10O8Si2/c1-7-45-51(46-8-2,47-9-3)25-13-15-37-31(43)39-21-23-41-27-33-17-19-35-29-42(30-36-20-18-34-28-41)24-22-40-32(44)38-16-14-26-52(48-10-4,49-11-5)50-12-6/h33-36H,7-30H2,1-6H3,(H2,37,39,43)(H2,38,40,44). The van der Waals surface area contributed by atoms with Crippen LogP contribution in [0.3, 0.4) is 0 Å². The van der Waals surface area contributed by atoms with E-state index in [0.29, 0.717) is 118 Å². The molecule has 1 aliphatic rings. The summed E-state index contributed by atoms with van der Waals surface area (Å²) in [7, 11) is -5.40. The third-order valence-corrected chi connectivity index (χ3v) is 14.1. The first-order valence-corrected chi connectivity index (χ1v) is 23.3. The highest BCUT2D eigenvalue weighted by Gasteiger charge is 2.40. The van der Waals surface area contributed by atoms with E-state index in [9.17, 15) is 9.59 Å². The van der Waals surface area contributed by atoms with Gasteiger partial charge < -0.3 is 69.1 Å². The quantitative estimate of drug-likeness (QED) is 0.0441. The lowest BCUT2D eigenvalue weighted by atomic mass is 10.5. The van der Waals surface area contributed by atoms with E-state index in [1.54, 1.807) is 0 Å². The molecule has 0 aromatic carbocycles. The van der Waals surface area contributed by atoms with Crippen LogP contribution in [-0.4, -0.2) is 171 Å². The van der Waals surface area contributed by atoms with Crippen molar-refractivity contribution >= 4 is 29.7 Å². The molecule has 0 radical (unpaired) electrons. The molecular formula is C32H74N10O8Si2. The zero-order valence-corrected chi connectivity index (χ0v) is 35.1. The van der Waals surface area contributed by atoms with Crippen LogP contribution in [0.4, 0.5) is 9.59 Å². The first-order chi connectivity index (χ1) is 25.3. The summed E-state index contributed by atoms with van der Waals surface area (Å²) in [6.45, 7) is 24.3. The van der Waals surface area contributed by atoms with Gasteiger partial charge in [0.2, 0.25) is 0 Å². The maximum atomic E-state index is 12.4. The minimum Gasteiger partial charge on any atom is -0.374 e. The Kier molecular flexibility index (Phi) is 29.7. The first-order valence-electron chi connectivity index (χ1n) is 19.5. The number of rotatable bonds is 26. The number of nitrogens with zero attached hydrogens (tertiary/aromatic N) is 2. The smallest absolute Gasteiger partial charge is 0.374 e. The van der Waals surface area contributed by atoms with E-state index in [0.717, 1.165) is 39.0 Å². The van der Waals surface area contributed by atoms with Gasteiger partial charge in [-0.1, -0.05) is 0 Å². The Balaban J connectivity index is 2.31. The van der Waals surface area contributed by atoms with Gasteiger partial charge in [0.1, 0.15) is 0 Å². The summed E-state index contributed by atoms with van der Waals surface area (Å²) in [4.78, 5) is 29.3. The van der Waals surface area contributed by atoms with E-state index < -0.39 is 17.6 Å². The molecule has 52 heavy (non-hydrogen) atoms. The number of urea groups is 2. The molecule has 0 saturated carbocycles. The van der Waals surface area contributed by atoms with Crippen molar-refractivity contribution in [1.82, 2.24) is 52.3 Å². The zero-order valence-electron chi connectivity index (χ0n) is 33.1. The van der Waals surface area contributed by atoms with Gasteiger partial charge in [-0.25, -0.2) is 9.59 Å². The van der Waals surface area contributed by atoms with E-state index in [1.807, 2.05) is 41.5 Å². The summed E-state index contributed by atoms with van der Waals surface area (Å²) < 4.78 is 35.3. The monoisotopic (exact) mass is 783 g/mol. The van der Waals surface area contributed by atoms with E-state index >= 15 is 0 Å². The summed E-state index contributed by atoms with van der Waals surface area (Å²) >= 11 is 0. The number of nitrogens with one attached hydrogen (secondary N) is 8. The summed E-state index contributed by atoms with van der Waals surface area (Å²) in [6, 6.07) is 0.955. The fourth-order valence-electron chi connectivity index (χ4n) is 5.53. The third kappa shape index (κ3) is 23.3. The lowest BCUT2D eigenvalue weighted by Gasteiger charge is -2.28. The van der Waals surface area contributed by atoms with Gasteiger partial charge in [0.25, 0.3) is 0 Å². The molecule has 0 aromatic heterocycles. The molecule has 0 aromatic rings. The van der Waals surface area contributed by atoms with Crippen molar-refractivity contribution in [3.8, 4) is 0 Å². The molecule has 0 aliphatic carbocycles. The molecule has 1 heterocycles. The van der Waals surface area contributed by atoms with Crippen molar-refractivity contribution in [3.05, 3.63) is 0 Å². The molecule has 0 spiro atoms. The minimum absolute atomic E-state index is 0.185. The second-order valence-electron chi connectivity index (χ2n) is 12.0. The van der Waals surface area contributed by atoms with E-state index in [1.165, 1.54) is 0 Å². The van der Waals surface area contributed by atoms with Gasteiger partial charge in [-0.2, -0.15) is 0 Å². The Hall–Kier alpha value is -1.51. The summed E-state index contributed by atoms with van der Waals surface area (Å²) in [6.07, 6.45) is 1.44. The topological polar surface area (TPSA) is 192 Å². The fourth-order valence-corrected chi connectivity index (χ4v) is 10.8. The predicted molar refractivity (Wildman–Crippen MR) is 208 cm³/mol. The number of amides is 4. The molecule has 0 atom stereocenters. The van der Waals surface area contributed by atoms with Gasteiger partial charge in [0.15, 0.2) is 0 Å². The van der Waals surface area contributed by atoms with Gasteiger partial charge in [-0.3, -0.25) is 9.80 Å². The van der Waals surface area contributed by atoms with Crippen LogP contribution in [0, 0.1) is 0 Å². The number of carbonyl (C=O) groups is 2. The summed E-state index contributed by atoms with van der Waals surface area (Å²) in [5, 5.41) is 25.7. The number of hydrogen-bond donors (Lipinski definition) is 8. The van der Waals surface area contributed by atoms with Crippen LogP contribution in [-0.2, 0) is 26.6 Å². The van der Waals surface area contributed by atoms with Crippen molar-refractivity contribution in [2.75, 3.05) is 132 Å². The molecule has 1 fully saturated rings. The molecule has 4 amide bonds. The van der Waals surface area contributed by atoms with Crippen molar-refractivity contribution in [3.63, 3.8) is 0 Å². The van der Waals surface area contributed by atoms with Crippen LogP contribution < -0.4 is 42.5 Å². The van der Waals surface area contributed by atoms with Gasteiger partial charge in [0.05, 0.1) is 0 Å². The highest BCUT2D eigenvalue weighted by atomic mass is 28.4. The largest absolute Gasteiger partial charge is 0.500 e. The third-order valence-electron chi connectivity index (χ3n) is 7.80. The average Bonchev–Trinajstić information content (AvgIpc) is 3.11. The Morgan fingerprint density at radius 1 is 0.481 bits per heavy atom. The first kappa shape index (κ1) is 48.5. The molecule has 308 valence electrons. The van der Waals surface area contributed by atoms with Crippen LogP contribution in [0.2, 0.25) is 12.1 Å². The van der Waals surface area contributed by atoms with Crippen LogP contribution in [0.15, 0.2) is 0 Å². The van der Waals surface area contributed by atoms with Crippen LogP contribution in [0.1, 0.15) is 54.4 Å². The summed E-state index contributed by atoms with van der Waals surface area (Å²) in [5.41, 5.74) is 0. The Morgan fingerprint density at radius 2 is 0.750 bits per heavy atom. The molecule has 0 bridgehead atoms. The van der Waals surface area contributed by atoms with Gasteiger partial charge in [0, 0.05) is 144 Å². The lowest BCUT2D eigenvalue weighted by Crippen LogP contribution is -2.50. The van der Waals surface area contributed by atoms with Crippen LogP contribution in [0.25, 0.3) is 0 Å². The normalized spacial score (nSPS) is 16.3. The molecule has 20 heteroatoms. The van der Waals surface area contributed by atoms with Crippen LogP contribution >= 0.6 is 0 Å². The van der Waals surface area contributed by atoms with Crippen molar-refractivity contribution < 1.29 is 36.1 Å². The molecule has 18 nitrogen and oxygen atoms in total. The highest BCUT2D eigenvalue weighted by Crippen LogP contribution is 2.18. The predicted octanol–water partition coefficient (Wildman–Crippen LogP) is 0.268. The SMILES string of the molecule is CCO[Si](CCCNC(=O)NCCN1CNCCNCN(CCNC(=O)NCCC[Si](OCC)(OCC)OCC)CNCCNC1)(OCC)OCC. The fraction of sp³-hybridized carbons (Fsp3) is 0.938. The number of hydrogen-bond acceptors (Lipinski definition) is 14. The average molecular weight is 783 g/mol. The van der Waals surface area contributed by atoms with Gasteiger partial charge in [-0.15, -0.1) is 0 Å². The Bertz CT molecular complexity index is 775. The maximum Gasteiger partial charge on any atom is 0.500 e. The molecule has 8 N–H and O–H groups in total. The second-order valence-corrected chi connectivity index (χ2v) is 17.4. The highest BCUT2D eigenvalue weighted by molar-refractivity contribution is 6.61. The van der Waals surface area contributed by atoms with Gasteiger partial charge in [-0.05, 0) is 54.4 Å². The zero-order chi connectivity index (χ0) is 38.2. The van der Waals surface area contributed by atoms with Crippen molar-refractivity contribution in [2.24, 2.45) is 0 Å². The van der Waals surface area contributed by atoms with Crippen molar-refractivity contribution in [2.45, 2.75) is 66.5 Å². The Morgan fingerprint density at radius 3 is 1.02 bits per heavy atom. The number of carbonyl (C=O) groups excluding carboxylic acids is 2. The van der Waals surface area contributed by atoms with Crippen LogP contribution in [0.5, 0.6) is 0 Å². The lowest BCUT2D eigenvalue weighted by molar-refractivity contribution is 0.0700. The van der Waals surface area contributed by atoms with E-state index in [-0.39, 0.29) is 12.1 Å². The molecule has 0 unspecified atom stereocenters. The summed E-state index contributed by atoms with van der Waals surface area (Å²) in [5.74, 6) is 0. The Labute approximate surface area is 315 Å². The van der Waals surface area contributed by atoms with E-state index in [2.05, 4.69) is 52.3 Å². The second kappa shape index (κ2) is 31.8. The van der Waals surface area contributed by atoms with Crippen molar-refractivity contribution in [1.29, 1.82) is 0 Å². The van der Waals surface area contributed by atoms with Gasteiger partial charge >= 0.3 is 29.7 Å². The molecular weight excluding hydrogens is 709 g/mol. The molecule has 1 aliphatic heterocycles. The maximum absolute atomic E-state index is 12.4. The molecule has 1 rings (SSSR count). The van der Waals surface area contributed by atoms with E-state index in [4.69, 9.17) is 26.6 Å². The minimum atomic E-state index is -2.70. The molecule has 1 saturated heterocycles.